The number of fused-ring (bicyclic) bond motifs is 1. The van der Waals surface area contributed by atoms with E-state index in [0.29, 0.717) is 11.5 Å². The Morgan fingerprint density at radius 1 is 1.30 bits per heavy atom. The summed E-state index contributed by atoms with van der Waals surface area (Å²) in [5.74, 6) is 0.998. The first-order valence-corrected chi connectivity index (χ1v) is 7.66. The van der Waals surface area contributed by atoms with Crippen LogP contribution in [-0.2, 0) is 6.42 Å². The summed E-state index contributed by atoms with van der Waals surface area (Å²) in [6.07, 6.45) is 9.72. The van der Waals surface area contributed by atoms with Crippen molar-refractivity contribution < 1.29 is 0 Å². The lowest BCUT2D eigenvalue weighted by Crippen LogP contribution is -2.30. The molecule has 0 radical (unpaired) electrons. The van der Waals surface area contributed by atoms with Gasteiger partial charge in [0.2, 0.25) is 0 Å². The average Bonchev–Trinajstić information content (AvgIpc) is 2.85. The van der Waals surface area contributed by atoms with Crippen molar-refractivity contribution >= 4 is 16.9 Å². The summed E-state index contributed by atoms with van der Waals surface area (Å²) in [5, 5.41) is 4.82. The highest BCUT2D eigenvalue weighted by Crippen LogP contribution is 2.36. The van der Waals surface area contributed by atoms with E-state index in [1.807, 2.05) is 0 Å². The summed E-state index contributed by atoms with van der Waals surface area (Å²) in [6.45, 7) is 6.91. The van der Waals surface area contributed by atoms with Crippen molar-refractivity contribution in [3.05, 3.63) is 18.1 Å². The van der Waals surface area contributed by atoms with Crippen LogP contribution in [0.25, 0.3) is 11.0 Å². The molecule has 0 unspecified atom stereocenters. The summed E-state index contributed by atoms with van der Waals surface area (Å²) >= 11 is 0. The van der Waals surface area contributed by atoms with E-state index < -0.39 is 0 Å². The van der Waals surface area contributed by atoms with Crippen LogP contribution in [0.4, 0.5) is 5.82 Å². The van der Waals surface area contributed by atoms with Crippen LogP contribution in [0.5, 0.6) is 0 Å². The fourth-order valence-corrected chi connectivity index (χ4v) is 3.15. The van der Waals surface area contributed by atoms with Gasteiger partial charge in [-0.25, -0.2) is 9.97 Å². The zero-order chi connectivity index (χ0) is 14.2. The first-order chi connectivity index (χ1) is 9.59. The minimum Gasteiger partial charge on any atom is -0.367 e. The van der Waals surface area contributed by atoms with Gasteiger partial charge < -0.3 is 10.3 Å². The molecule has 2 heterocycles. The molecule has 0 aliphatic heterocycles. The van der Waals surface area contributed by atoms with Crippen LogP contribution in [0.15, 0.2) is 12.5 Å². The number of hydrogen-bond acceptors (Lipinski definition) is 3. The molecule has 2 N–H and O–H groups in total. The van der Waals surface area contributed by atoms with Gasteiger partial charge in [0.25, 0.3) is 0 Å². The molecule has 2 aromatic heterocycles. The smallest absolute Gasteiger partial charge is 0.143 e. The van der Waals surface area contributed by atoms with Crippen LogP contribution in [-0.4, -0.2) is 21.0 Å². The molecule has 1 aliphatic rings. The first kappa shape index (κ1) is 13.4. The Kier molecular flexibility index (Phi) is 3.40. The minimum atomic E-state index is 0.502. The molecular formula is C16H24N4. The number of aromatic nitrogens is 3. The highest BCUT2D eigenvalue weighted by atomic mass is 15.1. The maximum atomic E-state index is 4.48. The zero-order valence-electron chi connectivity index (χ0n) is 12.7. The number of nitrogens with one attached hydrogen (secondary N) is 2. The van der Waals surface area contributed by atoms with Gasteiger partial charge in [-0.1, -0.05) is 20.8 Å². The minimum absolute atomic E-state index is 0.502. The molecule has 0 saturated heterocycles. The molecule has 1 saturated carbocycles. The van der Waals surface area contributed by atoms with Crippen molar-refractivity contribution in [2.24, 2.45) is 5.41 Å². The van der Waals surface area contributed by atoms with Gasteiger partial charge >= 0.3 is 0 Å². The number of nitrogens with zero attached hydrogens (tertiary/aromatic N) is 2. The quantitative estimate of drug-likeness (QED) is 0.891. The van der Waals surface area contributed by atoms with Crippen LogP contribution < -0.4 is 5.32 Å². The Labute approximate surface area is 120 Å². The maximum absolute atomic E-state index is 4.48. The third-order valence-corrected chi connectivity index (χ3v) is 4.61. The second kappa shape index (κ2) is 5.08. The van der Waals surface area contributed by atoms with Crippen molar-refractivity contribution in [3.63, 3.8) is 0 Å². The standard InChI is InChI=1S/C16H24N4/c1-4-11-9-17-14-13(11)15(19-10-18-14)20-12-5-7-16(2,3)8-6-12/h9-10,12H,4-8H2,1-3H3,(H2,17,18,19,20). The predicted octanol–water partition coefficient (Wildman–Crippen LogP) is 3.90. The van der Waals surface area contributed by atoms with Gasteiger partial charge in [-0.2, -0.15) is 0 Å². The molecule has 2 aromatic rings. The van der Waals surface area contributed by atoms with Gasteiger partial charge in [-0.3, -0.25) is 0 Å². The van der Waals surface area contributed by atoms with E-state index in [4.69, 9.17) is 0 Å². The van der Waals surface area contributed by atoms with Crippen molar-refractivity contribution in [2.45, 2.75) is 58.9 Å². The molecule has 0 atom stereocenters. The van der Waals surface area contributed by atoms with Crippen LogP contribution in [0.3, 0.4) is 0 Å². The second-order valence-corrected chi connectivity index (χ2v) is 6.70. The average molecular weight is 272 g/mol. The third kappa shape index (κ3) is 2.51. The van der Waals surface area contributed by atoms with Gasteiger partial charge in [-0.05, 0) is 43.1 Å². The Bertz CT molecular complexity index is 590. The number of aryl methyl sites for hydroxylation is 1. The van der Waals surface area contributed by atoms with Crippen LogP contribution >= 0.6 is 0 Å². The van der Waals surface area contributed by atoms with E-state index >= 15 is 0 Å². The number of aromatic amines is 1. The van der Waals surface area contributed by atoms with Gasteiger partial charge in [-0.15, -0.1) is 0 Å². The lowest BCUT2D eigenvalue weighted by Gasteiger charge is -2.34. The fraction of sp³-hybridized carbons (Fsp3) is 0.625. The Hall–Kier alpha value is -1.58. The van der Waals surface area contributed by atoms with Gasteiger partial charge in [0, 0.05) is 12.2 Å². The molecular weight excluding hydrogens is 248 g/mol. The van der Waals surface area contributed by atoms with Gasteiger partial charge in [0.05, 0.1) is 5.39 Å². The fourth-order valence-electron chi connectivity index (χ4n) is 3.15. The van der Waals surface area contributed by atoms with E-state index in [1.54, 1.807) is 6.33 Å². The number of anilines is 1. The summed E-state index contributed by atoms with van der Waals surface area (Å²) < 4.78 is 0. The third-order valence-electron chi connectivity index (χ3n) is 4.61. The van der Waals surface area contributed by atoms with Crippen LogP contribution in [0, 0.1) is 5.41 Å². The number of rotatable bonds is 3. The molecule has 0 aromatic carbocycles. The van der Waals surface area contributed by atoms with E-state index in [2.05, 4.69) is 47.2 Å². The number of H-pyrrole nitrogens is 1. The van der Waals surface area contributed by atoms with Crippen molar-refractivity contribution in [3.8, 4) is 0 Å². The van der Waals surface area contributed by atoms with E-state index in [-0.39, 0.29) is 0 Å². The van der Waals surface area contributed by atoms with Crippen molar-refractivity contribution in [1.82, 2.24) is 15.0 Å². The van der Waals surface area contributed by atoms with E-state index in [0.717, 1.165) is 17.9 Å². The highest BCUT2D eigenvalue weighted by Gasteiger charge is 2.27. The monoisotopic (exact) mass is 272 g/mol. The van der Waals surface area contributed by atoms with E-state index in [9.17, 15) is 0 Å². The maximum Gasteiger partial charge on any atom is 0.143 e. The molecule has 20 heavy (non-hydrogen) atoms. The van der Waals surface area contributed by atoms with Crippen molar-refractivity contribution in [1.29, 1.82) is 0 Å². The first-order valence-electron chi connectivity index (χ1n) is 7.66. The Morgan fingerprint density at radius 2 is 2.05 bits per heavy atom. The Balaban J connectivity index is 1.83. The van der Waals surface area contributed by atoms with Crippen LogP contribution in [0.1, 0.15) is 52.0 Å². The van der Waals surface area contributed by atoms with Crippen molar-refractivity contribution in [2.75, 3.05) is 5.32 Å². The Morgan fingerprint density at radius 3 is 2.75 bits per heavy atom. The largest absolute Gasteiger partial charge is 0.367 e. The molecule has 0 spiro atoms. The molecule has 1 fully saturated rings. The molecule has 108 valence electrons. The topological polar surface area (TPSA) is 53.6 Å². The predicted molar refractivity (Wildman–Crippen MR) is 82.9 cm³/mol. The number of hydrogen-bond donors (Lipinski definition) is 2. The van der Waals surface area contributed by atoms with Gasteiger partial charge in [0.15, 0.2) is 0 Å². The summed E-state index contributed by atoms with van der Waals surface area (Å²) in [4.78, 5) is 12.0. The molecule has 0 amide bonds. The molecule has 4 heteroatoms. The molecule has 0 bridgehead atoms. The highest BCUT2D eigenvalue weighted by molar-refractivity contribution is 5.90. The normalized spacial score (nSPS) is 19.4. The van der Waals surface area contributed by atoms with Crippen LogP contribution in [0.2, 0.25) is 0 Å². The summed E-state index contributed by atoms with van der Waals surface area (Å²) in [6, 6.07) is 0.542. The molecule has 4 nitrogen and oxygen atoms in total. The van der Waals surface area contributed by atoms with Gasteiger partial charge in [0.1, 0.15) is 17.8 Å². The SMILES string of the molecule is CCc1c[nH]c2ncnc(NC3CCC(C)(C)CC3)c12. The summed E-state index contributed by atoms with van der Waals surface area (Å²) in [7, 11) is 0. The lowest BCUT2D eigenvalue weighted by atomic mass is 9.75. The zero-order valence-corrected chi connectivity index (χ0v) is 12.7. The summed E-state index contributed by atoms with van der Waals surface area (Å²) in [5.41, 5.74) is 2.73. The lowest BCUT2D eigenvalue weighted by molar-refractivity contribution is 0.232. The molecule has 1 aliphatic carbocycles. The van der Waals surface area contributed by atoms with E-state index in [1.165, 1.54) is 36.6 Å². The molecule has 3 rings (SSSR count). The second-order valence-electron chi connectivity index (χ2n) is 6.70.